The zero-order valence-electron chi connectivity index (χ0n) is 30.9. The normalized spacial score (nSPS) is 17.4. The highest BCUT2D eigenvalue weighted by atomic mass is 32.2. The van der Waals surface area contributed by atoms with Gasteiger partial charge in [0, 0.05) is 37.2 Å². The lowest BCUT2D eigenvalue weighted by atomic mass is 9.98. The number of nitrogens with zero attached hydrogens (tertiary/aromatic N) is 9. The molecule has 2 aromatic heterocycles. The van der Waals surface area contributed by atoms with Crippen molar-refractivity contribution in [2.75, 3.05) is 16.4 Å². The first-order valence-corrected chi connectivity index (χ1v) is 19.3. The quantitative estimate of drug-likeness (QED) is 0.116. The molecule has 21 heteroatoms. The lowest BCUT2D eigenvalue weighted by molar-refractivity contribution is -0.157. The van der Waals surface area contributed by atoms with Gasteiger partial charge in [-0.25, -0.2) is 19.4 Å². The van der Waals surface area contributed by atoms with Crippen LogP contribution in [0.2, 0.25) is 0 Å². The molecular weight excluding hydrogens is 779 g/mol. The van der Waals surface area contributed by atoms with Gasteiger partial charge in [0.15, 0.2) is 5.82 Å². The summed E-state index contributed by atoms with van der Waals surface area (Å²) in [7, 11) is 1.63. The van der Waals surface area contributed by atoms with Crippen molar-refractivity contribution in [2.24, 2.45) is 24.4 Å². The number of aromatic hydroxyl groups is 1. The zero-order valence-corrected chi connectivity index (χ0v) is 32.5. The first-order valence-electron chi connectivity index (χ1n) is 17.3. The molecule has 296 valence electrons. The number of carboxylic acid groups (broad SMARTS) is 1. The number of imide groups is 2. The average molecular weight is 816 g/mol. The fourth-order valence-electron chi connectivity index (χ4n) is 6.14. The standard InChI is InChI=1S/C36H37N11O8S2/c1-17(2)24(37)31(51)45(18(3)48)22-12-10-20(11-13-22)28-39-14-23(29(49)40-28)30(50)46(32(52)25(38)19-8-6-5-7-9-19)27-33(53)47-26(35(54)55)21(15-56-34(27)47)16-57-36-41-42-43-44(36)4/h5-14,17,24-25,27,34H,15-16,37-38H2,1-4H3,(H,54,55)(H,39,40,49)/t24-,25?,27?,34+/m1/s1. The Labute approximate surface area is 333 Å². The lowest BCUT2D eigenvalue weighted by Gasteiger charge is -2.52. The number of aliphatic carboxylic acids is 1. The van der Waals surface area contributed by atoms with Gasteiger partial charge in [-0.2, -0.15) is 4.98 Å². The highest BCUT2D eigenvalue weighted by Crippen LogP contribution is 2.44. The first kappa shape index (κ1) is 40.6. The molecule has 4 atom stereocenters. The number of aromatic nitrogens is 6. The highest BCUT2D eigenvalue weighted by molar-refractivity contribution is 8.01. The number of fused-ring (bicyclic) bond motifs is 1. The molecular formula is C36H37N11O8S2. The van der Waals surface area contributed by atoms with Gasteiger partial charge < -0.3 is 21.7 Å². The molecule has 5 amide bonds. The molecule has 57 heavy (non-hydrogen) atoms. The monoisotopic (exact) mass is 815 g/mol. The number of nitrogens with two attached hydrogens (primary N) is 2. The van der Waals surface area contributed by atoms with E-state index in [1.54, 1.807) is 51.2 Å². The third kappa shape index (κ3) is 7.86. The molecule has 0 spiro atoms. The number of rotatable bonds is 12. The van der Waals surface area contributed by atoms with E-state index in [0.717, 1.165) is 27.8 Å². The summed E-state index contributed by atoms with van der Waals surface area (Å²) in [5.41, 5.74) is 12.9. The molecule has 0 saturated carbocycles. The molecule has 4 heterocycles. The molecule has 1 fully saturated rings. The number of carbonyl (C=O) groups excluding carboxylic acids is 5. The second kappa shape index (κ2) is 16.6. The van der Waals surface area contributed by atoms with E-state index < -0.39 is 70.4 Å². The first-order chi connectivity index (χ1) is 27.1. The van der Waals surface area contributed by atoms with E-state index in [1.807, 2.05) is 0 Å². The minimum absolute atomic E-state index is 0.0541. The predicted octanol–water partition coefficient (Wildman–Crippen LogP) is 1.32. The van der Waals surface area contributed by atoms with E-state index in [9.17, 15) is 39.0 Å². The minimum atomic E-state index is -1.50. The second-order valence-corrected chi connectivity index (χ2v) is 15.4. The Bertz CT molecular complexity index is 2290. The average Bonchev–Trinajstić information content (AvgIpc) is 3.61. The highest BCUT2D eigenvalue weighted by Gasteiger charge is 2.59. The van der Waals surface area contributed by atoms with Crippen LogP contribution in [0.15, 0.2) is 77.2 Å². The van der Waals surface area contributed by atoms with E-state index in [2.05, 4.69) is 25.5 Å². The van der Waals surface area contributed by atoms with Gasteiger partial charge in [-0.15, -0.1) is 16.9 Å². The molecule has 0 bridgehead atoms. The topological polar surface area (TPSA) is 274 Å². The number of amides is 5. The van der Waals surface area contributed by atoms with Crippen LogP contribution in [0.1, 0.15) is 42.7 Å². The third-order valence-electron chi connectivity index (χ3n) is 9.26. The summed E-state index contributed by atoms with van der Waals surface area (Å²) < 4.78 is 1.42. The summed E-state index contributed by atoms with van der Waals surface area (Å²) in [5, 5.41) is 32.0. The summed E-state index contributed by atoms with van der Waals surface area (Å²) in [4.78, 5) is 91.4. The summed E-state index contributed by atoms with van der Waals surface area (Å²) in [6, 6.07) is 10.2. The van der Waals surface area contributed by atoms with E-state index in [1.165, 1.54) is 47.6 Å². The summed E-state index contributed by atoms with van der Waals surface area (Å²) in [6.07, 6.45) is 0.990. The van der Waals surface area contributed by atoms with E-state index in [0.29, 0.717) is 26.8 Å². The Morgan fingerprint density at radius 3 is 2.30 bits per heavy atom. The van der Waals surface area contributed by atoms with Gasteiger partial charge in [-0.1, -0.05) is 55.9 Å². The number of carbonyl (C=O) groups is 6. The molecule has 1 saturated heterocycles. The molecule has 6 N–H and O–H groups in total. The van der Waals surface area contributed by atoms with Gasteiger partial charge >= 0.3 is 5.97 Å². The number of hydrogen-bond acceptors (Lipinski definition) is 16. The van der Waals surface area contributed by atoms with Crippen molar-refractivity contribution < 1.29 is 39.0 Å². The SMILES string of the molecule is CC(=O)N(C(=O)[C@H](N)C(C)C)c1ccc(-c2ncc(C(=O)N(C(=O)C(N)c3ccccc3)C3C(=O)N4C(C(=O)O)=C(CSc5nnnn5C)CS[C@@H]34)c(O)n2)cc1. The summed E-state index contributed by atoms with van der Waals surface area (Å²) in [5.74, 6) is -6.31. The Morgan fingerprint density at radius 1 is 1.04 bits per heavy atom. The number of thioether (sulfide) groups is 2. The molecule has 4 aromatic rings. The third-order valence-corrected chi connectivity index (χ3v) is 11.7. The van der Waals surface area contributed by atoms with Gasteiger partial charge in [-0.3, -0.25) is 33.8 Å². The summed E-state index contributed by atoms with van der Waals surface area (Å²) >= 11 is 2.33. The van der Waals surface area contributed by atoms with Crippen molar-refractivity contribution in [3.8, 4) is 17.3 Å². The zero-order chi connectivity index (χ0) is 41.3. The molecule has 6 rings (SSSR count). The number of anilines is 1. The number of tetrazole rings is 1. The van der Waals surface area contributed by atoms with Gasteiger partial charge in [-0.05, 0) is 51.7 Å². The van der Waals surface area contributed by atoms with Crippen LogP contribution in [0.4, 0.5) is 5.69 Å². The largest absolute Gasteiger partial charge is 0.493 e. The molecule has 0 radical (unpaired) electrons. The van der Waals surface area contributed by atoms with Gasteiger partial charge in [0.2, 0.25) is 16.9 Å². The molecule has 2 aliphatic rings. The number of hydrogen-bond donors (Lipinski definition) is 4. The molecule has 2 aliphatic heterocycles. The number of β-lactam (4-membered cyclic amide) rings is 1. The summed E-state index contributed by atoms with van der Waals surface area (Å²) in [6.45, 7) is 4.75. The lowest BCUT2D eigenvalue weighted by Crippen LogP contribution is -2.72. The van der Waals surface area contributed by atoms with E-state index >= 15 is 0 Å². The predicted molar refractivity (Wildman–Crippen MR) is 206 cm³/mol. The van der Waals surface area contributed by atoms with E-state index in [4.69, 9.17) is 11.5 Å². The molecule has 2 aromatic carbocycles. The second-order valence-electron chi connectivity index (χ2n) is 13.3. The Morgan fingerprint density at radius 2 is 1.72 bits per heavy atom. The maximum absolute atomic E-state index is 14.3. The van der Waals surface area contributed by atoms with Crippen LogP contribution in [0, 0.1) is 5.92 Å². The van der Waals surface area contributed by atoms with Gasteiger partial charge in [0.1, 0.15) is 28.7 Å². The van der Waals surface area contributed by atoms with Gasteiger partial charge in [0.25, 0.3) is 23.6 Å². The van der Waals surface area contributed by atoms with Crippen LogP contribution in [-0.2, 0) is 31.0 Å². The van der Waals surface area contributed by atoms with Crippen LogP contribution in [-0.4, -0.2) is 115 Å². The fraction of sp³-hybridized carbons (Fsp3) is 0.306. The Balaban J connectivity index is 1.30. The van der Waals surface area contributed by atoms with Crippen molar-refractivity contribution in [2.45, 2.75) is 49.4 Å². The van der Waals surface area contributed by atoms with Crippen LogP contribution in [0.3, 0.4) is 0 Å². The molecule has 19 nitrogen and oxygen atoms in total. The number of carboxylic acids is 1. The van der Waals surface area contributed by atoms with Crippen molar-refractivity contribution in [1.82, 2.24) is 40.0 Å². The van der Waals surface area contributed by atoms with Crippen molar-refractivity contribution >= 4 is 64.7 Å². The number of aryl methyl sites for hydroxylation is 1. The Hall–Kier alpha value is -6.03. The molecule has 2 unspecified atom stereocenters. The fourth-order valence-corrected chi connectivity index (χ4v) is 8.52. The van der Waals surface area contributed by atoms with E-state index in [-0.39, 0.29) is 34.6 Å². The van der Waals surface area contributed by atoms with Crippen molar-refractivity contribution in [1.29, 1.82) is 0 Å². The van der Waals surface area contributed by atoms with Crippen molar-refractivity contribution in [3.05, 3.63) is 83.2 Å². The number of benzene rings is 2. The smallest absolute Gasteiger partial charge is 0.352 e. The van der Waals surface area contributed by atoms with Gasteiger partial charge in [0.05, 0.1) is 11.7 Å². The van der Waals surface area contributed by atoms with Crippen molar-refractivity contribution in [3.63, 3.8) is 0 Å². The molecule has 0 aliphatic carbocycles. The Kier molecular flexibility index (Phi) is 11.8. The van der Waals surface area contributed by atoms with Crippen LogP contribution >= 0.6 is 23.5 Å². The maximum atomic E-state index is 14.3. The minimum Gasteiger partial charge on any atom is -0.493 e. The van der Waals surface area contributed by atoms with Crippen LogP contribution < -0.4 is 16.4 Å². The van der Waals surface area contributed by atoms with Crippen LogP contribution in [0.25, 0.3) is 11.4 Å². The van der Waals surface area contributed by atoms with Crippen LogP contribution in [0.5, 0.6) is 5.88 Å². The maximum Gasteiger partial charge on any atom is 0.352 e.